The van der Waals surface area contributed by atoms with Gasteiger partial charge in [0.2, 0.25) is 0 Å². The largest absolute Gasteiger partial charge is 0.307 e. The summed E-state index contributed by atoms with van der Waals surface area (Å²) in [6.07, 6.45) is 3.97. The maximum atomic E-state index is 4.57. The van der Waals surface area contributed by atoms with E-state index in [9.17, 15) is 0 Å². The molecule has 0 radical (unpaired) electrons. The fraction of sp³-hybridized carbons (Fsp3) is 0.0667. The van der Waals surface area contributed by atoms with Crippen LogP contribution in [0.3, 0.4) is 0 Å². The number of hydrogen-bond donors (Lipinski definition) is 0. The van der Waals surface area contributed by atoms with Crippen molar-refractivity contribution in [3.63, 3.8) is 0 Å². The molecule has 102 valence electrons. The quantitative estimate of drug-likeness (QED) is 0.574. The predicted molar refractivity (Wildman–Crippen MR) is 77.5 cm³/mol. The molecule has 0 bridgehead atoms. The fourth-order valence-corrected chi connectivity index (χ4v) is 2.32. The minimum absolute atomic E-state index is 0.541. The molecule has 4 aromatic rings. The molecule has 0 atom stereocenters. The summed E-state index contributed by atoms with van der Waals surface area (Å²) in [5.74, 6) is 0.743. The van der Waals surface area contributed by atoms with Gasteiger partial charge in [0, 0.05) is 18.0 Å². The SMILES string of the molecule is c1ccc(-c2nnnn2Cc2cn3ccccc3n2)cc1. The van der Waals surface area contributed by atoms with Crippen molar-refractivity contribution in [2.75, 3.05) is 0 Å². The lowest BCUT2D eigenvalue weighted by atomic mass is 10.2. The lowest BCUT2D eigenvalue weighted by Gasteiger charge is -2.02. The highest BCUT2D eigenvalue weighted by Gasteiger charge is 2.10. The highest BCUT2D eigenvalue weighted by atomic mass is 15.5. The van der Waals surface area contributed by atoms with Gasteiger partial charge in [-0.2, -0.15) is 0 Å². The van der Waals surface area contributed by atoms with Gasteiger partial charge in [-0.05, 0) is 22.6 Å². The minimum atomic E-state index is 0.541. The molecular formula is C15H12N6. The van der Waals surface area contributed by atoms with Crippen LogP contribution in [0.2, 0.25) is 0 Å². The molecule has 0 amide bonds. The molecule has 6 heteroatoms. The third-order valence-electron chi connectivity index (χ3n) is 3.29. The Balaban J connectivity index is 1.70. The summed E-state index contributed by atoms with van der Waals surface area (Å²) in [4.78, 5) is 4.57. The van der Waals surface area contributed by atoms with Gasteiger partial charge in [0.15, 0.2) is 5.82 Å². The van der Waals surface area contributed by atoms with E-state index in [1.54, 1.807) is 4.68 Å². The molecule has 0 saturated heterocycles. The van der Waals surface area contributed by atoms with Crippen LogP contribution in [0, 0.1) is 0 Å². The average molecular weight is 276 g/mol. The Kier molecular flexibility index (Phi) is 2.71. The molecule has 3 heterocycles. The normalized spacial score (nSPS) is 11.0. The Labute approximate surface area is 120 Å². The molecule has 0 unspecified atom stereocenters. The number of rotatable bonds is 3. The zero-order valence-electron chi connectivity index (χ0n) is 11.2. The van der Waals surface area contributed by atoms with Crippen LogP contribution in [-0.4, -0.2) is 29.6 Å². The maximum Gasteiger partial charge on any atom is 0.182 e. The molecule has 4 rings (SSSR count). The Morgan fingerprint density at radius 3 is 2.67 bits per heavy atom. The highest BCUT2D eigenvalue weighted by Crippen LogP contribution is 2.16. The number of benzene rings is 1. The number of fused-ring (bicyclic) bond motifs is 1. The van der Waals surface area contributed by atoms with E-state index < -0.39 is 0 Å². The van der Waals surface area contributed by atoms with Crippen molar-refractivity contribution < 1.29 is 0 Å². The Hall–Kier alpha value is -3.02. The van der Waals surface area contributed by atoms with E-state index in [2.05, 4.69) is 20.5 Å². The highest BCUT2D eigenvalue weighted by molar-refractivity contribution is 5.54. The number of nitrogens with zero attached hydrogens (tertiary/aromatic N) is 6. The molecule has 1 aromatic carbocycles. The second-order valence-corrected chi connectivity index (χ2v) is 4.72. The monoisotopic (exact) mass is 276 g/mol. The first kappa shape index (κ1) is 11.8. The number of aromatic nitrogens is 6. The first-order chi connectivity index (χ1) is 10.4. The van der Waals surface area contributed by atoms with Gasteiger partial charge in [-0.15, -0.1) is 5.10 Å². The van der Waals surface area contributed by atoms with Crippen LogP contribution in [0.5, 0.6) is 0 Å². The summed E-state index contributed by atoms with van der Waals surface area (Å²) in [6, 6.07) is 15.8. The molecule has 0 aliphatic heterocycles. The van der Waals surface area contributed by atoms with E-state index >= 15 is 0 Å². The van der Waals surface area contributed by atoms with Crippen molar-refractivity contribution in [3.05, 3.63) is 66.6 Å². The van der Waals surface area contributed by atoms with Crippen LogP contribution in [0.4, 0.5) is 0 Å². The number of hydrogen-bond acceptors (Lipinski definition) is 4. The van der Waals surface area contributed by atoms with Gasteiger partial charge in [-0.3, -0.25) is 0 Å². The van der Waals surface area contributed by atoms with E-state index in [1.807, 2.05) is 65.3 Å². The van der Waals surface area contributed by atoms with Gasteiger partial charge < -0.3 is 4.40 Å². The zero-order chi connectivity index (χ0) is 14.1. The van der Waals surface area contributed by atoms with E-state index in [0.717, 1.165) is 22.7 Å². The van der Waals surface area contributed by atoms with E-state index in [0.29, 0.717) is 6.54 Å². The van der Waals surface area contributed by atoms with Gasteiger partial charge in [0.1, 0.15) is 5.65 Å². The number of tetrazole rings is 1. The van der Waals surface area contributed by atoms with Crippen LogP contribution < -0.4 is 0 Å². The Morgan fingerprint density at radius 2 is 1.81 bits per heavy atom. The molecule has 0 fully saturated rings. The smallest absolute Gasteiger partial charge is 0.182 e. The van der Waals surface area contributed by atoms with Gasteiger partial charge in [-0.25, -0.2) is 9.67 Å². The maximum absolute atomic E-state index is 4.57. The van der Waals surface area contributed by atoms with Gasteiger partial charge in [0.05, 0.1) is 12.2 Å². The summed E-state index contributed by atoms with van der Waals surface area (Å²) in [7, 11) is 0. The molecule has 21 heavy (non-hydrogen) atoms. The van der Waals surface area contributed by atoms with Crippen molar-refractivity contribution in [3.8, 4) is 11.4 Å². The lowest BCUT2D eigenvalue weighted by molar-refractivity contribution is 0.645. The summed E-state index contributed by atoms with van der Waals surface area (Å²) >= 11 is 0. The predicted octanol–water partition coefficient (Wildman–Crippen LogP) is 2.04. The molecule has 3 aromatic heterocycles. The van der Waals surface area contributed by atoms with Crippen molar-refractivity contribution in [2.45, 2.75) is 6.54 Å². The van der Waals surface area contributed by atoms with Crippen LogP contribution in [-0.2, 0) is 6.54 Å². The zero-order valence-corrected chi connectivity index (χ0v) is 11.2. The standard InChI is InChI=1S/C15H12N6/c1-2-6-12(7-3-1)15-17-18-19-21(15)11-13-10-20-9-5-4-8-14(20)16-13/h1-10H,11H2. The fourth-order valence-electron chi connectivity index (χ4n) is 2.32. The molecule has 0 aliphatic rings. The van der Waals surface area contributed by atoms with E-state index in [-0.39, 0.29) is 0 Å². The van der Waals surface area contributed by atoms with Crippen LogP contribution in [0.15, 0.2) is 60.9 Å². The van der Waals surface area contributed by atoms with Crippen LogP contribution in [0.25, 0.3) is 17.0 Å². The third-order valence-corrected chi connectivity index (χ3v) is 3.29. The van der Waals surface area contributed by atoms with E-state index in [1.165, 1.54) is 0 Å². The summed E-state index contributed by atoms with van der Waals surface area (Å²) < 4.78 is 3.75. The molecule has 0 aliphatic carbocycles. The second-order valence-electron chi connectivity index (χ2n) is 4.72. The molecule has 0 N–H and O–H groups in total. The number of pyridine rings is 1. The molecule has 0 saturated carbocycles. The third kappa shape index (κ3) is 2.16. The van der Waals surface area contributed by atoms with Gasteiger partial charge >= 0.3 is 0 Å². The minimum Gasteiger partial charge on any atom is -0.307 e. The van der Waals surface area contributed by atoms with Crippen molar-refractivity contribution in [1.29, 1.82) is 0 Å². The van der Waals surface area contributed by atoms with Crippen molar-refractivity contribution >= 4 is 5.65 Å². The lowest BCUT2D eigenvalue weighted by Crippen LogP contribution is -2.04. The van der Waals surface area contributed by atoms with Crippen molar-refractivity contribution in [1.82, 2.24) is 29.6 Å². The first-order valence-electron chi connectivity index (χ1n) is 6.64. The molecule has 0 spiro atoms. The van der Waals surface area contributed by atoms with Crippen LogP contribution in [0.1, 0.15) is 5.69 Å². The first-order valence-corrected chi connectivity index (χ1v) is 6.64. The Bertz CT molecular complexity index is 844. The van der Waals surface area contributed by atoms with Crippen LogP contribution >= 0.6 is 0 Å². The van der Waals surface area contributed by atoms with Gasteiger partial charge in [0.25, 0.3) is 0 Å². The summed E-state index contributed by atoms with van der Waals surface area (Å²) in [5, 5.41) is 11.9. The Morgan fingerprint density at radius 1 is 0.952 bits per heavy atom. The average Bonchev–Trinajstić information content (AvgIpc) is 3.14. The van der Waals surface area contributed by atoms with E-state index in [4.69, 9.17) is 0 Å². The molecular weight excluding hydrogens is 264 g/mol. The van der Waals surface area contributed by atoms with Crippen molar-refractivity contribution in [2.24, 2.45) is 0 Å². The summed E-state index contributed by atoms with van der Waals surface area (Å²) in [5.41, 5.74) is 2.83. The summed E-state index contributed by atoms with van der Waals surface area (Å²) in [6.45, 7) is 0.541. The number of imidazole rings is 1. The second kappa shape index (κ2) is 4.82. The topological polar surface area (TPSA) is 60.9 Å². The van der Waals surface area contributed by atoms with Gasteiger partial charge in [-0.1, -0.05) is 36.4 Å². The molecule has 6 nitrogen and oxygen atoms in total.